The van der Waals surface area contributed by atoms with Crippen LogP contribution >= 0.6 is 0 Å². The molecule has 1 aliphatic rings. The van der Waals surface area contributed by atoms with Crippen LogP contribution in [0.3, 0.4) is 0 Å². The number of benzene rings is 1. The highest BCUT2D eigenvalue weighted by Gasteiger charge is 2.22. The molecule has 1 aliphatic heterocycles. The van der Waals surface area contributed by atoms with Gasteiger partial charge in [0.05, 0.1) is 36.7 Å². The average Bonchev–Trinajstić information content (AvgIpc) is 2.95. The highest BCUT2D eigenvalue weighted by Crippen LogP contribution is 2.27. The van der Waals surface area contributed by atoms with E-state index in [0.29, 0.717) is 12.0 Å². The SMILES string of the molecule is CC(C)CNc1cc(-c2ccc3c(cnn3C3COC3)c2)ncn1. The first-order valence-corrected chi connectivity index (χ1v) is 8.32. The predicted molar refractivity (Wildman–Crippen MR) is 93.9 cm³/mol. The number of aromatic nitrogens is 4. The summed E-state index contributed by atoms with van der Waals surface area (Å²) < 4.78 is 7.32. The molecule has 0 unspecified atom stereocenters. The second kappa shape index (κ2) is 6.20. The third-order valence-corrected chi connectivity index (χ3v) is 4.22. The van der Waals surface area contributed by atoms with Gasteiger partial charge in [-0.1, -0.05) is 19.9 Å². The summed E-state index contributed by atoms with van der Waals surface area (Å²) in [6.45, 7) is 6.73. The number of rotatable bonds is 5. The molecule has 0 aliphatic carbocycles. The smallest absolute Gasteiger partial charge is 0.129 e. The van der Waals surface area contributed by atoms with Crippen molar-refractivity contribution in [3.63, 3.8) is 0 Å². The molecule has 0 radical (unpaired) electrons. The molecular weight excluding hydrogens is 302 g/mol. The molecule has 0 atom stereocenters. The highest BCUT2D eigenvalue weighted by atomic mass is 16.5. The minimum Gasteiger partial charge on any atom is -0.377 e. The Morgan fingerprint density at radius 2 is 2.12 bits per heavy atom. The average molecular weight is 323 g/mol. The maximum Gasteiger partial charge on any atom is 0.129 e. The predicted octanol–water partition coefficient (Wildman–Crippen LogP) is 3.13. The number of ether oxygens (including phenoxy) is 1. The Labute approximate surface area is 140 Å². The van der Waals surface area contributed by atoms with Gasteiger partial charge in [-0.2, -0.15) is 5.10 Å². The van der Waals surface area contributed by atoms with E-state index >= 15 is 0 Å². The zero-order valence-corrected chi connectivity index (χ0v) is 13.9. The van der Waals surface area contributed by atoms with Crippen LogP contribution in [0.15, 0.2) is 36.8 Å². The van der Waals surface area contributed by atoms with Gasteiger partial charge >= 0.3 is 0 Å². The summed E-state index contributed by atoms with van der Waals surface area (Å²) >= 11 is 0. The standard InChI is InChI=1S/C18H21N5O/c1-12(2)7-19-18-6-16(20-11-21-18)13-3-4-17-14(5-13)8-22-23(17)15-9-24-10-15/h3-6,8,11-12,15H,7,9-10H2,1-2H3,(H,19,20,21). The monoisotopic (exact) mass is 323 g/mol. The molecule has 6 nitrogen and oxygen atoms in total. The molecule has 2 aromatic heterocycles. The Bertz CT molecular complexity index is 853. The summed E-state index contributed by atoms with van der Waals surface area (Å²) in [6.07, 6.45) is 3.52. The third-order valence-electron chi connectivity index (χ3n) is 4.22. The van der Waals surface area contributed by atoms with Gasteiger partial charge in [0.1, 0.15) is 12.1 Å². The van der Waals surface area contributed by atoms with E-state index in [-0.39, 0.29) is 0 Å². The second-order valence-electron chi connectivity index (χ2n) is 6.62. The van der Waals surface area contributed by atoms with Gasteiger partial charge in [-0.15, -0.1) is 0 Å². The maximum atomic E-state index is 5.27. The first-order valence-electron chi connectivity index (χ1n) is 8.32. The van der Waals surface area contributed by atoms with Crippen LogP contribution in [0.5, 0.6) is 0 Å². The summed E-state index contributed by atoms with van der Waals surface area (Å²) in [6, 6.07) is 8.69. The van der Waals surface area contributed by atoms with Crippen LogP contribution in [-0.2, 0) is 4.74 Å². The van der Waals surface area contributed by atoms with E-state index in [9.17, 15) is 0 Å². The number of anilines is 1. The van der Waals surface area contributed by atoms with Crippen molar-refractivity contribution in [1.29, 1.82) is 0 Å². The maximum absolute atomic E-state index is 5.27. The van der Waals surface area contributed by atoms with Crippen molar-refractivity contribution in [3.8, 4) is 11.3 Å². The summed E-state index contributed by atoms with van der Waals surface area (Å²) in [5, 5.41) is 8.97. The van der Waals surface area contributed by atoms with Crippen LogP contribution in [-0.4, -0.2) is 39.5 Å². The fourth-order valence-corrected chi connectivity index (χ4v) is 2.79. The van der Waals surface area contributed by atoms with E-state index in [1.54, 1.807) is 6.33 Å². The summed E-state index contributed by atoms with van der Waals surface area (Å²) in [7, 11) is 0. The van der Waals surface area contributed by atoms with Crippen molar-refractivity contribution in [2.24, 2.45) is 5.92 Å². The number of nitrogens with zero attached hydrogens (tertiary/aromatic N) is 4. The molecule has 1 N–H and O–H groups in total. The normalized spacial score (nSPS) is 15.0. The molecule has 4 rings (SSSR count). The van der Waals surface area contributed by atoms with E-state index in [2.05, 4.69) is 57.1 Å². The van der Waals surface area contributed by atoms with Crippen molar-refractivity contribution in [3.05, 3.63) is 36.8 Å². The van der Waals surface area contributed by atoms with E-state index in [4.69, 9.17) is 4.74 Å². The van der Waals surface area contributed by atoms with Gasteiger partial charge in [-0.25, -0.2) is 9.97 Å². The van der Waals surface area contributed by atoms with Gasteiger partial charge in [-0.3, -0.25) is 4.68 Å². The Morgan fingerprint density at radius 3 is 2.88 bits per heavy atom. The lowest BCUT2D eigenvalue weighted by molar-refractivity contribution is -0.0266. The molecule has 0 amide bonds. The second-order valence-corrected chi connectivity index (χ2v) is 6.62. The summed E-state index contributed by atoms with van der Waals surface area (Å²) in [4.78, 5) is 8.71. The van der Waals surface area contributed by atoms with Crippen molar-refractivity contribution < 1.29 is 4.74 Å². The first-order chi connectivity index (χ1) is 11.7. The molecular formula is C18H21N5O. The fraction of sp³-hybridized carbons (Fsp3) is 0.389. The van der Waals surface area contributed by atoms with Crippen LogP contribution in [0, 0.1) is 5.92 Å². The quantitative estimate of drug-likeness (QED) is 0.781. The summed E-state index contributed by atoms with van der Waals surface area (Å²) in [5.74, 6) is 1.43. The minimum atomic E-state index is 0.360. The zero-order valence-electron chi connectivity index (χ0n) is 13.9. The van der Waals surface area contributed by atoms with Crippen molar-refractivity contribution in [2.45, 2.75) is 19.9 Å². The van der Waals surface area contributed by atoms with E-state index in [1.807, 2.05) is 12.3 Å². The van der Waals surface area contributed by atoms with Gasteiger partial charge in [0.25, 0.3) is 0 Å². The molecule has 0 bridgehead atoms. The zero-order chi connectivity index (χ0) is 16.5. The number of hydrogen-bond donors (Lipinski definition) is 1. The number of hydrogen-bond acceptors (Lipinski definition) is 5. The Hall–Kier alpha value is -2.47. The number of fused-ring (bicyclic) bond motifs is 1. The topological polar surface area (TPSA) is 64.9 Å². The Kier molecular flexibility index (Phi) is 3.90. The third kappa shape index (κ3) is 2.85. The van der Waals surface area contributed by atoms with Crippen LogP contribution in [0.1, 0.15) is 19.9 Å². The van der Waals surface area contributed by atoms with Crippen LogP contribution in [0.2, 0.25) is 0 Å². The largest absolute Gasteiger partial charge is 0.377 e. The highest BCUT2D eigenvalue weighted by molar-refractivity contribution is 5.84. The van der Waals surface area contributed by atoms with Gasteiger partial charge in [0.2, 0.25) is 0 Å². The van der Waals surface area contributed by atoms with Crippen LogP contribution < -0.4 is 5.32 Å². The van der Waals surface area contributed by atoms with Crippen molar-refractivity contribution in [2.75, 3.05) is 25.1 Å². The van der Waals surface area contributed by atoms with E-state index < -0.39 is 0 Å². The van der Waals surface area contributed by atoms with E-state index in [1.165, 1.54) is 0 Å². The van der Waals surface area contributed by atoms with Gasteiger partial charge < -0.3 is 10.1 Å². The first kappa shape index (κ1) is 15.1. The van der Waals surface area contributed by atoms with Gasteiger partial charge in [0.15, 0.2) is 0 Å². The van der Waals surface area contributed by atoms with Crippen LogP contribution in [0.25, 0.3) is 22.2 Å². The lowest BCUT2D eigenvalue weighted by Gasteiger charge is -2.26. The number of nitrogens with one attached hydrogen (secondary N) is 1. The molecule has 3 heterocycles. The molecule has 124 valence electrons. The lowest BCUT2D eigenvalue weighted by atomic mass is 10.1. The molecule has 6 heteroatoms. The Balaban J connectivity index is 1.63. The van der Waals surface area contributed by atoms with Gasteiger partial charge in [0, 0.05) is 23.6 Å². The van der Waals surface area contributed by atoms with Crippen LogP contribution in [0.4, 0.5) is 5.82 Å². The molecule has 0 spiro atoms. The molecule has 24 heavy (non-hydrogen) atoms. The molecule has 1 aromatic carbocycles. The fourth-order valence-electron chi connectivity index (χ4n) is 2.79. The minimum absolute atomic E-state index is 0.360. The Morgan fingerprint density at radius 1 is 1.25 bits per heavy atom. The summed E-state index contributed by atoms with van der Waals surface area (Å²) in [5.41, 5.74) is 3.12. The van der Waals surface area contributed by atoms with Crippen molar-refractivity contribution in [1.82, 2.24) is 19.7 Å². The molecule has 0 saturated carbocycles. The lowest BCUT2D eigenvalue weighted by Crippen LogP contribution is -2.31. The molecule has 1 saturated heterocycles. The van der Waals surface area contributed by atoms with Gasteiger partial charge in [-0.05, 0) is 18.1 Å². The molecule has 1 fully saturated rings. The van der Waals surface area contributed by atoms with Crippen molar-refractivity contribution >= 4 is 16.7 Å². The van der Waals surface area contributed by atoms with E-state index in [0.717, 1.165) is 47.7 Å². The molecule has 3 aromatic rings.